The normalized spacial score (nSPS) is 11.8. The molecule has 0 saturated heterocycles. The average Bonchev–Trinajstić information content (AvgIpc) is 2.38. The number of methoxy groups -OCH3 is 1. The minimum absolute atomic E-state index is 0.0866. The Balaban J connectivity index is 2.63. The highest BCUT2D eigenvalue weighted by atomic mass is 35.5. The first-order chi connectivity index (χ1) is 9.45. The number of carbonyl (C=O) groups excluding carboxylic acids is 1. The summed E-state index contributed by atoms with van der Waals surface area (Å²) in [5.74, 6) is -0.871. The first-order valence-electron chi connectivity index (χ1n) is 5.97. The molecule has 0 aliphatic carbocycles. The van der Waals surface area contributed by atoms with Crippen molar-refractivity contribution in [2.45, 2.75) is 19.5 Å². The Morgan fingerprint density at radius 1 is 1.45 bits per heavy atom. The number of ether oxygens (including phenoxy) is 1. The Morgan fingerprint density at radius 2 is 2.15 bits per heavy atom. The Morgan fingerprint density at radius 3 is 2.70 bits per heavy atom. The van der Waals surface area contributed by atoms with Crippen molar-refractivity contribution in [3.05, 3.63) is 28.8 Å². The van der Waals surface area contributed by atoms with E-state index in [0.29, 0.717) is 17.3 Å². The van der Waals surface area contributed by atoms with Crippen LogP contribution in [-0.2, 0) is 16.1 Å². The topological polar surface area (TPSA) is 87.7 Å². The zero-order chi connectivity index (χ0) is 15.1. The average molecular weight is 301 g/mol. The number of hydrogen-bond acceptors (Lipinski definition) is 4. The van der Waals surface area contributed by atoms with Gasteiger partial charge in [-0.15, -0.1) is 0 Å². The fraction of sp³-hybridized carbons (Fsp3) is 0.385. The number of benzene rings is 1. The van der Waals surface area contributed by atoms with Gasteiger partial charge >= 0.3 is 5.97 Å². The van der Waals surface area contributed by atoms with Crippen LogP contribution in [0.3, 0.4) is 0 Å². The Kier molecular flexibility index (Phi) is 6.27. The summed E-state index contributed by atoms with van der Waals surface area (Å²) in [7, 11) is 1.53. The monoisotopic (exact) mass is 300 g/mol. The molecule has 0 aromatic heterocycles. The summed E-state index contributed by atoms with van der Waals surface area (Å²) in [6, 6.07) is 4.28. The maximum Gasteiger partial charge on any atom is 0.327 e. The van der Waals surface area contributed by atoms with Crippen molar-refractivity contribution in [1.29, 1.82) is 0 Å². The maximum atomic E-state index is 11.0. The molecule has 0 heterocycles. The van der Waals surface area contributed by atoms with Crippen molar-refractivity contribution < 1.29 is 19.4 Å². The Labute approximate surface area is 122 Å². The van der Waals surface area contributed by atoms with Gasteiger partial charge in [-0.25, -0.2) is 4.79 Å². The molecule has 1 aromatic carbocycles. The predicted molar refractivity (Wildman–Crippen MR) is 75.0 cm³/mol. The highest BCUT2D eigenvalue weighted by Crippen LogP contribution is 2.25. The number of carboxylic acid groups (broad SMARTS) is 1. The van der Waals surface area contributed by atoms with Gasteiger partial charge in [-0.2, -0.15) is 0 Å². The molecule has 1 unspecified atom stereocenters. The number of carboxylic acids is 1. The molecule has 1 atom stereocenters. The zero-order valence-corrected chi connectivity index (χ0v) is 12.0. The van der Waals surface area contributed by atoms with Crippen molar-refractivity contribution in [2.24, 2.45) is 0 Å². The minimum Gasteiger partial charge on any atom is -0.496 e. The molecule has 1 aromatic rings. The van der Waals surface area contributed by atoms with E-state index >= 15 is 0 Å². The summed E-state index contributed by atoms with van der Waals surface area (Å²) < 4.78 is 5.19. The number of hydrogen-bond donors (Lipinski definition) is 3. The van der Waals surface area contributed by atoms with E-state index in [9.17, 15) is 9.59 Å². The minimum atomic E-state index is -1.10. The Bertz CT molecular complexity index is 493. The number of carbonyl (C=O) groups is 2. The molecule has 6 nitrogen and oxygen atoms in total. The maximum absolute atomic E-state index is 11.0. The van der Waals surface area contributed by atoms with E-state index in [2.05, 4.69) is 10.6 Å². The van der Waals surface area contributed by atoms with Crippen molar-refractivity contribution >= 4 is 23.5 Å². The molecule has 20 heavy (non-hydrogen) atoms. The van der Waals surface area contributed by atoms with Crippen LogP contribution in [0.5, 0.6) is 5.75 Å². The standard InChI is InChI=1S/C13H17ClN2O4/c1-8(17)16-11(13(18)19)7-15-6-9-10(14)4-3-5-12(9)20-2/h3-5,11,15H,6-7H2,1-2H3,(H,16,17)(H,18,19). The molecule has 0 radical (unpaired) electrons. The molecule has 3 N–H and O–H groups in total. The van der Waals surface area contributed by atoms with Crippen molar-refractivity contribution in [3.8, 4) is 5.75 Å². The number of halogens is 1. The highest BCUT2D eigenvalue weighted by molar-refractivity contribution is 6.31. The second kappa shape index (κ2) is 7.72. The van der Waals surface area contributed by atoms with Crippen LogP contribution < -0.4 is 15.4 Å². The smallest absolute Gasteiger partial charge is 0.327 e. The summed E-state index contributed by atoms with van der Waals surface area (Å²) >= 11 is 6.06. The van der Waals surface area contributed by atoms with E-state index in [1.54, 1.807) is 18.2 Å². The summed E-state index contributed by atoms with van der Waals surface area (Å²) in [4.78, 5) is 21.9. The number of nitrogens with one attached hydrogen (secondary N) is 2. The lowest BCUT2D eigenvalue weighted by molar-refractivity contribution is -0.141. The number of amides is 1. The SMILES string of the molecule is COc1cccc(Cl)c1CNCC(NC(C)=O)C(=O)O. The van der Waals surface area contributed by atoms with E-state index in [1.807, 2.05) is 0 Å². The van der Waals surface area contributed by atoms with Gasteiger partial charge in [0.2, 0.25) is 5.91 Å². The molecule has 0 aliphatic rings. The summed E-state index contributed by atoms with van der Waals surface area (Å²) in [5.41, 5.74) is 0.739. The van der Waals surface area contributed by atoms with Gasteiger partial charge in [-0.05, 0) is 12.1 Å². The molecular weight excluding hydrogens is 284 g/mol. The van der Waals surface area contributed by atoms with Crippen LogP contribution in [0.2, 0.25) is 5.02 Å². The lowest BCUT2D eigenvalue weighted by atomic mass is 10.2. The van der Waals surface area contributed by atoms with Gasteiger partial charge in [0.15, 0.2) is 0 Å². The van der Waals surface area contributed by atoms with Crippen molar-refractivity contribution in [2.75, 3.05) is 13.7 Å². The lowest BCUT2D eigenvalue weighted by Crippen LogP contribution is -2.46. The summed E-state index contributed by atoms with van der Waals surface area (Å²) in [5, 5.41) is 14.8. The van der Waals surface area contributed by atoms with Gasteiger partial charge in [0.25, 0.3) is 0 Å². The summed E-state index contributed by atoms with van der Waals surface area (Å²) in [6.45, 7) is 1.70. The quantitative estimate of drug-likeness (QED) is 0.700. The predicted octanol–water partition coefficient (Wildman–Crippen LogP) is 1.03. The fourth-order valence-electron chi connectivity index (χ4n) is 1.69. The molecule has 1 amide bonds. The second-order valence-electron chi connectivity index (χ2n) is 4.14. The second-order valence-corrected chi connectivity index (χ2v) is 4.55. The van der Waals surface area contributed by atoms with Gasteiger partial charge in [0, 0.05) is 30.6 Å². The third-order valence-corrected chi connectivity index (χ3v) is 2.98. The first kappa shape index (κ1) is 16.3. The van der Waals surface area contributed by atoms with Crippen LogP contribution in [0.25, 0.3) is 0 Å². The van der Waals surface area contributed by atoms with Crippen LogP contribution in [0.1, 0.15) is 12.5 Å². The van der Waals surface area contributed by atoms with Crippen molar-refractivity contribution in [3.63, 3.8) is 0 Å². The van der Waals surface area contributed by atoms with E-state index in [0.717, 1.165) is 5.56 Å². The number of aliphatic carboxylic acids is 1. The van der Waals surface area contributed by atoms with Crippen LogP contribution in [0, 0.1) is 0 Å². The van der Waals surface area contributed by atoms with Gasteiger partial charge in [-0.3, -0.25) is 4.79 Å². The third-order valence-electron chi connectivity index (χ3n) is 2.62. The lowest BCUT2D eigenvalue weighted by Gasteiger charge is -2.15. The molecular formula is C13H17ClN2O4. The van der Waals surface area contributed by atoms with Crippen LogP contribution in [-0.4, -0.2) is 36.7 Å². The molecule has 0 spiro atoms. The fourth-order valence-corrected chi connectivity index (χ4v) is 1.92. The van der Waals surface area contributed by atoms with Gasteiger partial charge < -0.3 is 20.5 Å². The molecule has 1 rings (SSSR count). The van der Waals surface area contributed by atoms with Crippen LogP contribution in [0.15, 0.2) is 18.2 Å². The molecule has 0 saturated carbocycles. The number of rotatable bonds is 7. The largest absolute Gasteiger partial charge is 0.496 e. The van der Waals surface area contributed by atoms with E-state index in [1.165, 1.54) is 14.0 Å². The molecule has 110 valence electrons. The van der Waals surface area contributed by atoms with Gasteiger partial charge in [0.1, 0.15) is 11.8 Å². The zero-order valence-electron chi connectivity index (χ0n) is 11.3. The highest BCUT2D eigenvalue weighted by Gasteiger charge is 2.18. The van der Waals surface area contributed by atoms with Crippen LogP contribution in [0.4, 0.5) is 0 Å². The van der Waals surface area contributed by atoms with Gasteiger partial charge in [0.05, 0.1) is 7.11 Å². The van der Waals surface area contributed by atoms with Crippen LogP contribution >= 0.6 is 11.6 Å². The Hall–Kier alpha value is -1.79. The summed E-state index contributed by atoms with van der Waals surface area (Å²) in [6.07, 6.45) is 0. The molecule has 0 bridgehead atoms. The molecule has 7 heteroatoms. The third kappa shape index (κ3) is 4.71. The van der Waals surface area contributed by atoms with E-state index in [-0.39, 0.29) is 6.54 Å². The molecule has 0 aliphatic heterocycles. The molecule has 0 fully saturated rings. The van der Waals surface area contributed by atoms with Gasteiger partial charge in [-0.1, -0.05) is 17.7 Å². The van der Waals surface area contributed by atoms with Crippen molar-refractivity contribution in [1.82, 2.24) is 10.6 Å². The van der Waals surface area contributed by atoms with E-state index in [4.69, 9.17) is 21.4 Å². The first-order valence-corrected chi connectivity index (χ1v) is 6.35. The van der Waals surface area contributed by atoms with E-state index < -0.39 is 17.9 Å².